The fraction of sp³-hybridized carbons (Fsp3) is 0.588. The molecule has 0 bridgehead atoms. The smallest absolute Gasteiger partial charge is 0.319 e. The van der Waals surface area contributed by atoms with Crippen LogP contribution >= 0.6 is 0 Å². The first kappa shape index (κ1) is 18.3. The Morgan fingerprint density at radius 2 is 2.00 bits per heavy atom. The van der Waals surface area contributed by atoms with Crippen molar-refractivity contribution in [1.82, 2.24) is 5.32 Å². The molecule has 0 fully saturated rings. The summed E-state index contributed by atoms with van der Waals surface area (Å²) in [4.78, 5) is 12.0. The molecule has 0 atom stereocenters. The Morgan fingerprint density at radius 3 is 2.50 bits per heavy atom. The molecule has 5 nitrogen and oxygen atoms in total. The molecule has 0 aliphatic heterocycles. The molecule has 0 radical (unpaired) electrons. The van der Waals surface area contributed by atoms with E-state index in [9.17, 15) is 9.90 Å². The van der Waals surface area contributed by atoms with Gasteiger partial charge in [-0.05, 0) is 55.4 Å². The predicted octanol–water partition coefficient (Wildman–Crippen LogP) is 3.31. The highest BCUT2D eigenvalue weighted by Gasteiger charge is 2.26. The van der Waals surface area contributed by atoms with Crippen molar-refractivity contribution in [3.8, 4) is 5.75 Å². The minimum absolute atomic E-state index is 0.0398. The Morgan fingerprint density at radius 1 is 1.32 bits per heavy atom. The van der Waals surface area contributed by atoms with Gasteiger partial charge >= 0.3 is 6.03 Å². The molecule has 22 heavy (non-hydrogen) atoms. The number of carbonyl (C=O) groups is 1. The van der Waals surface area contributed by atoms with Gasteiger partial charge in [-0.25, -0.2) is 4.79 Å². The molecule has 1 aromatic carbocycles. The number of hydrogen-bond donors (Lipinski definition) is 3. The van der Waals surface area contributed by atoms with Gasteiger partial charge in [-0.3, -0.25) is 0 Å². The van der Waals surface area contributed by atoms with Gasteiger partial charge < -0.3 is 20.5 Å². The number of nitrogens with one attached hydrogen (secondary N) is 2. The second-order valence-electron chi connectivity index (χ2n) is 5.67. The van der Waals surface area contributed by atoms with E-state index < -0.39 is 0 Å². The molecule has 1 aromatic rings. The average Bonchev–Trinajstić information content (AvgIpc) is 2.52. The quantitative estimate of drug-likeness (QED) is 0.690. The molecule has 2 amide bonds. The normalized spacial score (nSPS) is 11.1. The fourth-order valence-corrected chi connectivity index (χ4v) is 2.58. The van der Waals surface area contributed by atoms with Gasteiger partial charge in [0.1, 0.15) is 5.75 Å². The van der Waals surface area contributed by atoms with E-state index >= 15 is 0 Å². The molecule has 3 N–H and O–H groups in total. The molecular weight excluding hydrogens is 280 g/mol. The van der Waals surface area contributed by atoms with Crippen molar-refractivity contribution >= 4 is 11.7 Å². The number of aliphatic hydroxyl groups is 1. The molecule has 0 heterocycles. The summed E-state index contributed by atoms with van der Waals surface area (Å²) in [6.45, 7) is 6.81. The first-order valence-electron chi connectivity index (χ1n) is 7.80. The van der Waals surface area contributed by atoms with Crippen LogP contribution in [0, 0.1) is 12.3 Å². The summed E-state index contributed by atoms with van der Waals surface area (Å²) in [5, 5.41) is 14.9. The molecule has 0 aromatic heterocycles. The van der Waals surface area contributed by atoms with Crippen molar-refractivity contribution in [2.45, 2.75) is 40.0 Å². The van der Waals surface area contributed by atoms with Crippen LogP contribution in [0.3, 0.4) is 0 Å². The lowest BCUT2D eigenvalue weighted by molar-refractivity contribution is 0.165. The molecule has 0 saturated carbocycles. The first-order valence-corrected chi connectivity index (χ1v) is 7.80. The lowest BCUT2D eigenvalue weighted by Crippen LogP contribution is -2.39. The van der Waals surface area contributed by atoms with E-state index in [2.05, 4.69) is 24.5 Å². The van der Waals surface area contributed by atoms with Crippen LogP contribution in [0.4, 0.5) is 10.5 Å². The van der Waals surface area contributed by atoms with E-state index in [0.29, 0.717) is 13.0 Å². The van der Waals surface area contributed by atoms with Crippen LogP contribution < -0.4 is 15.4 Å². The number of rotatable bonds is 8. The number of amides is 2. The maximum atomic E-state index is 12.0. The van der Waals surface area contributed by atoms with E-state index in [1.807, 2.05) is 25.1 Å². The zero-order valence-electron chi connectivity index (χ0n) is 14.0. The highest BCUT2D eigenvalue weighted by atomic mass is 16.5. The summed E-state index contributed by atoms with van der Waals surface area (Å²) in [6, 6.07) is 5.29. The fourth-order valence-electron chi connectivity index (χ4n) is 2.58. The van der Waals surface area contributed by atoms with E-state index in [-0.39, 0.29) is 18.1 Å². The van der Waals surface area contributed by atoms with Crippen LogP contribution in [0.1, 0.15) is 38.7 Å². The van der Waals surface area contributed by atoms with Crippen molar-refractivity contribution in [3.63, 3.8) is 0 Å². The van der Waals surface area contributed by atoms with E-state index in [1.54, 1.807) is 7.11 Å². The Kier molecular flexibility index (Phi) is 7.18. The van der Waals surface area contributed by atoms with Crippen molar-refractivity contribution < 1.29 is 14.6 Å². The molecule has 0 unspecified atom stereocenters. The highest BCUT2D eigenvalue weighted by Crippen LogP contribution is 2.29. The molecule has 124 valence electrons. The lowest BCUT2D eigenvalue weighted by Gasteiger charge is -2.31. The molecule has 0 spiro atoms. The van der Waals surface area contributed by atoms with E-state index in [1.165, 1.54) is 0 Å². The molecule has 1 rings (SSSR count). The van der Waals surface area contributed by atoms with E-state index in [4.69, 9.17) is 4.74 Å². The zero-order valence-corrected chi connectivity index (χ0v) is 14.0. The molecule has 0 saturated heterocycles. The summed E-state index contributed by atoms with van der Waals surface area (Å²) in [5.41, 5.74) is 1.66. The third-order valence-electron chi connectivity index (χ3n) is 4.42. The number of benzene rings is 1. The van der Waals surface area contributed by atoms with Crippen LogP contribution in [0.2, 0.25) is 0 Å². The van der Waals surface area contributed by atoms with Gasteiger partial charge in [0.05, 0.1) is 7.11 Å². The van der Waals surface area contributed by atoms with Crippen molar-refractivity contribution in [1.29, 1.82) is 0 Å². The number of aryl methyl sites for hydroxylation is 1. The summed E-state index contributed by atoms with van der Waals surface area (Å²) in [5.74, 6) is 0.796. The number of aliphatic hydroxyl groups excluding tert-OH is 1. The standard InChI is InChI=1S/C17H28N2O3/c1-5-17(6-2,9-10-20)12-18-16(21)19-14-7-8-15(22-4)13(3)11-14/h7-8,11,20H,5-6,9-10,12H2,1-4H3,(H2,18,19,21). The maximum absolute atomic E-state index is 12.0. The first-order chi connectivity index (χ1) is 10.5. The molecule has 0 aliphatic carbocycles. The van der Waals surface area contributed by atoms with Crippen LogP contribution in [0.5, 0.6) is 5.75 Å². The van der Waals surface area contributed by atoms with Gasteiger partial charge in [-0.1, -0.05) is 13.8 Å². The Hall–Kier alpha value is -1.75. The average molecular weight is 308 g/mol. The summed E-state index contributed by atoms with van der Waals surface area (Å²) >= 11 is 0. The van der Waals surface area contributed by atoms with E-state index in [0.717, 1.165) is 29.8 Å². The van der Waals surface area contributed by atoms with Crippen molar-refractivity contribution in [2.24, 2.45) is 5.41 Å². The molecule has 0 aliphatic rings. The number of urea groups is 1. The highest BCUT2D eigenvalue weighted by molar-refractivity contribution is 5.89. The number of methoxy groups -OCH3 is 1. The number of ether oxygens (including phenoxy) is 1. The van der Waals surface area contributed by atoms with Crippen LogP contribution in [-0.4, -0.2) is 31.4 Å². The monoisotopic (exact) mass is 308 g/mol. The van der Waals surface area contributed by atoms with Gasteiger partial charge in [-0.15, -0.1) is 0 Å². The third kappa shape index (κ3) is 4.91. The minimum atomic E-state index is -0.228. The van der Waals surface area contributed by atoms with Crippen LogP contribution in [0.15, 0.2) is 18.2 Å². The number of anilines is 1. The van der Waals surface area contributed by atoms with Crippen molar-refractivity contribution in [3.05, 3.63) is 23.8 Å². The van der Waals surface area contributed by atoms with Crippen LogP contribution in [-0.2, 0) is 0 Å². The number of hydrogen-bond acceptors (Lipinski definition) is 3. The van der Waals surface area contributed by atoms with Gasteiger partial charge in [0.2, 0.25) is 0 Å². The Balaban J connectivity index is 2.60. The summed E-state index contributed by atoms with van der Waals surface area (Å²) in [6.07, 6.45) is 2.54. The molecule has 5 heteroatoms. The lowest BCUT2D eigenvalue weighted by atomic mass is 9.79. The Labute approximate surface area is 133 Å². The van der Waals surface area contributed by atoms with Gasteiger partial charge in [-0.2, -0.15) is 0 Å². The van der Waals surface area contributed by atoms with Crippen molar-refractivity contribution in [2.75, 3.05) is 25.6 Å². The zero-order chi connectivity index (χ0) is 16.6. The SMILES string of the molecule is CCC(CC)(CCO)CNC(=O)Nc1ccc(OC)c(C)c1. The van der Waals surface area contributed by atoms with Gasteiger partial charge in [0.15, 0.2) is 0 Å². The van der Waals surface area contributed by atoms with Gasteiger partial charge in [0.25, 0.3) is 0 Å². The Bertz CT molecular complexity index is 485. The summed E-state index contributed by atoms with van der Waals surface area (Å²) < 4.78 is 5.20. The maximum Gasteiger partial charge on any atom is 0.319 e. The topological polar surface area (TPSA) is 70.6 Å². The summed E-state index contributed by atoms with van der Waals surface area (Å²) in [7, 11) is 1.62. The molecular formula is C17H28N2O3. The van der Waals surface area contributed by atoms with Gasteiger partial charge in [0, 0.05) is 18.8 Å². The third-order valence-corrected chi connectivity index (χ3v) is 4.42. The van der Waals surface area contributed by atoms with Crippen LogP contribution in [0.25, 0.3) is 0 Å². The number of carbonyl (C=O) groups excluding carboxylic acids is 1. The minimum Gasteiger partial charge on any atom is -0.496 e. The second-order valence-corrected chi connectivity index (χ2v) is 5.67. The predicted molar refractivity (Wildman–Crippen MR) is 89.5 cm³/mol. The second kappa shape index (κ2) is 8.63. The largest absolute Gasteiger partial charge is 0.496 e.